The van der Waals surface area contributed by atoms with E-state index < -0.39 is 0 Å². The maximum Gasteiger partial charge on any atom is 0.282 e. The standard InChI is InChI=1S/C2H6BNO/c3-5-2-1-4/h1-2,4H2. The molecule has 5 heavy (non-hydrogen) atoms. The van der Waals surface area contributed by atoms with Gasteiger partial charge in [-0.15, -0.1) is 0 Å². The topological polar surface area (TPSA) is 35.2 Å². The minimum atomic E-state index is 0.444. The van der Waals surface area contributed by atoms with Crippen LogP contribution in [0.15, 0.2) is 0 Å². The van der Waals surface area contributed by atoms with Crippen molar-refractivity contribution < 1.29 is 4.65 Å². The highest BCUT2D eigenvalue weighted by molar-refractivity contribution is 5.97. The fraction of sp³-hybridized carbons (Fsp3) is 1.00. The van der Waals surface area contributed by atoms with Gasteiger partial charge < -0.3 is 10.4 Å². The zero-order valence-electron chi connectivity index (χ0n) is 2.98. The van der Waals surface area contributed by atoms with Crippen LogP contribution in [-0.2, 0) is 4.65 Å². The molecule has 0 aromatic carbocycles. The van der Waals surface area contributed by atoms with E-state index in [-0.39, 0.29) is 0 Å². The van der Waals surface area contributed by atoms with Gasteiger partial charge in [0, 0.05) is 13.2 Å². The Balaban J connectivity index is 2.19. The fourth-order valence-corrected chi connectivity index (χ4v) is 0.0680. The summed E-state index contributed by atoms with van der Waals surface area (Å²) in [4.78, 5) is 0. The van der Waals surface area contributed by atoms with Gasteiger partial charge in [0.1, 0.15) is 0 Å². The first kappa shape index (κ1) is 4.98. The largest absolute Gasteiger partial charge is 0.446 e. The molecule has 0 spiro atoms. The Morgan fingerprint density at radius 1 is 1.80 bits per heavy atom. The minimum Gasteiger partial charge on any atom is -0.446 e. The molecule has 0 unspecified atom stereocenters. The van der Waals surface area contributed by atoms with E-state index in [4.69, 9.17) is 5.73 Å². The van der Waals surface area contributed by atoms with E-state index >= 15 is 0 Å². The molecule has 0 amide bonds. The molecular formula is C2H6BNO. The predicted octanol–water partition coefficient (Wildman–Crippen LogP) is -0.955. The molecule has 0 heterocycles. The predicted molar refractivity (Wildman–Crippen MR) is 20.8 cm³/mol. The number of hydrogen-bond donors (Lipinski definition) is 1. The van der Waals surface area contributed by atoms with E-state index in [1.807, 2.05) is 0 Å². The zero-order valence-corrected chi connectivity index (χ0v) is 2.98. The Bertz CT molecular complexity index is 17.1. The smallest absolute Gasteiger partial charge is 0.282 e. The lowest BCUT2D eigenvalue weighted by atomic mass is 10.5. The first-order valence-electron chi connectivity index (χ1n) is 1.43. The monoisotopic (exact) mass is 71.1 g/mol. The van der Waals surface area contributed by atoms with Crippen LogP contribution >= 0.6 is 0 Å². The quantitative estimate of drug-likeness (QED) is 0.425. The lowest BCUT2D eigenvalue weighted by molar-refractivity contribution is 0.361. The third-order valence-electron chi connectivity index (χ3n) is 0.236. The van der Waals surface area contributed by atoms with Crippen LogP contribution in [0.3, 0.4) is 0 Å². The van der Waals surface area contributed by atoms with Gasteiger partial charge in [0.15, 0.2) is 0 Å². The van der Waals surface area contributed by atoms with Crippen molar-refractivity contribution in [1.29, 1.82) is 0 Å². The van der Waals surface area contributed by atoms with E-state index in [1.54, 1.807) is 0 Å². The zero-order chi connectivity index (χ0) is 4.12. The molecule has 0 aliphatic heterocycles. The lowest BCUT2D eigenvalue weighted by Crippen LogP contribution is -2.05. The molecule has 0 bridgehead atoms. The molecule has 3 heteroatoms. The van der Waals surface area contributed by atoms with Gasteiger partial charge in [0.05, 0.1) is 0 Å². The van der Waals surface area contributed by atoms with E-state index in [1.165, 1.54) is 0 Å². The van der Waals surface area contributed by atoms with E-state index in [9.17, 15) is 0 Å². The van der Waals surface area contributed by atoms with Crippen molar-refractivity contribution >= 4 is 8.05 Å². The Hall–Kier alpha value is -0.0151. The van der Waals surface area contributed by atoms with Crippen LogP contribution in [0.25, 0.3) is 0 Å². The molecule has 0 aliphatic carbocycles. The van der Waals surface area contributed by atoms with Crippen LogP contribution in [-0.4, -0.2) is 21.2 Å². The second-order valence-electron chi connectivity index (χ2n) is 0.659. The molecule has 0 aromatic rings. The van der Waals surface area contributed by atoms with Gasteiger partial charge >= 0.3 is 0 Å². The van der Waals surface area contributed by atoms with Crippen LogP contribution in [0.2, 0.25) is 0 Å². The summed E-state index contributed by atoms with van der Waals surface area (Å²) in [6.07, 6.45) is 0. The van der Waals surface area contributed by atoms with Gasteiger partial charge in [-0.05, 0) is 0 Å². The third kappa shape index (κ3) is 3.98. The summed E-state index contributed by atoms with van der Waals surface area (Å²) < 4.78 is 4.07. The summed E-state index contributed by atoms with van der Waals surface area (Å²) in [5, 5.41) is 0. The average Bonchev–Trinajstić information content (AvgIpc) is 1.41. The van der Waals surface area contributed by atoms with Crippen molar-refractivity contribution in [1.82, 2.24) is 0 Å². The molecule has 2 radical (unpaired) electrons. The van der Waals surface area contributed by atoms with Crippen molar-refractivity contribution in [3.63, 3.8) is 0 Å². The molecule has 0 rings (SSSR count). The summed E-state index contributed by atoms with van der Waals surface area (Å²) in [7, 11) is 4.56. The molecule has 0 atom stereocenters. The van der Waals surface area contributed by atoms with E-state index in [2.05, 4.69) is 12.7 Å². The van der Waals surface area contributed by atoms with E-state index in [0.717, 1.165) is 0 Å². The maximum absolute atomic E-state index is 4.93. The summed E-state index contributed by atoms with van der Waals surface area (Å²) in [6, 6.07) is 0. The van der Waals surface area contributed by atoms with Crippen molar-refractivity contribution in [2.45, 2.75) is 0 Å². The second kappa shape index (κ2) is 3.98. The molecule has 2 nitrogen and oxygen atoms in total. The molecular weight excluding hydrogens is 64.8 g/mol. The number of nitrogens with two attached hydrogens (primary N) is 1. The molecule has 0 aromatic heterocycles. The summed E-state index contributed by atoms with van der Waals surface area (Å²) in [5.74, 6) is 0. The van der Waals surface area contributed by atoms with Crippen LogP contribution < -0.4 is 5.73 Å². The van der Waals surface area contributed by atoms with E-state index in [0.29, 0.717) is 13.2 Å². The van der Waals surface area contributed by atoms with Crippen molar-refractivity contribution in [2.24, 2.45) is 5.73 Å². The normalized spacial score (nSPS) is 8.20. The number of rotatable bonds is 2. The van der Waals surface area contributed by atoms with Gasteiger partial charge in [-0.3, -0.25) is 0 Å². The lowest BCUT2D eigenvalue weighted by Gasteiger charge is -1.85. The minimum absolute atomic E-state index is 0.444. The van der Waals surface area contributed by atoms with Gasteiger partial charge in [0.2, 0.25) is 0 Å². The Morgan fingerprint density at radius 2 is 2.40 bits per heavy atom. The van der Waals surface area contributed by atoms with Gasteiger partial charge in [-0.25, -0.2) is 0 Å². The molecule has 0 saturated heterocycles. The first-order chi connectivity index (χ1) is 2.41. The Morgan fingerprint density at radius 3 is 2.40 bits per heavy atom. The molecule has 0 saturated carbocycles. The first-order valence-corrected chi connectivity index (χ1v) is 1.43. The second-order valence-corrected chi connectivity index (χ2v) is 0.659. The van der Waals surface area contributed by atoms with Crippen molar-refractivity contribution in [3.8, 4) is 0 Å². The highest BCUT2D eigenvalue weighted by Crippen LogP contribution is 1.51. The van der Waals surface area contributed by atoms with Gasteiger partial charge in [-0.1, -0.05) is 0 Å². The summed E-state index contributed by atoms with van der Waals surface area (Å²) >= 11 is 0. The average molecular weight is 70.9 g/mol. The molecule has 28 valence electrons. The van der Waals surface area contributed by atoms with Crippen molar-refractivity contribution in [3.05, 3.63) is 0 Å². The van der Waals surface area contributed by atoms with Crippen LogP contribution in [0, 0.1) is 0 Å². The Labute approximate surface area is 32.7 Å². The number of hydrogen-bond acceptors (Lipinski definition) is 2. The molecule has 0 aliphatic rings. The molecule has 2 N–H and O–H groups in total. The van der Waals surface area contributed by atoms with Crippen LogP contribution in [0.1, 0.15) is 0 Å². The van der Waals surface area contributed by atoms with Gasteiger partial charge in [0.25, 0.3) is 8.05 Å². The highest BCUT2D eigenvalue weighted by Gasteiger charge is 1.65. The summed E-state index contributed by atoms with van der Waals surface area (Å²) in [5.41, 5.74) is 4.93. The van der Waals surface area contributed by atoms with Crippen LogP contribution in [0.5, 0.6) is 0 Å². The van der Waals surface area contributed by atoms with Crippen molar-refractivity contribution in [2.75, 3.05) is 13.2 Å². The van der Waals surface area contributed by atoms with Gasteiger partial charge in [-0.2, -0.15) is 0 Å². The van der Waals surface area contributed by atoms with Crippen LogP contribution in [0.4, 0.5) is 0 Å². The third-order valence-corrected chi connectivity index (χ3v) is 0.236. The summed E-state index contributed by atoms with van der Waals surface area (Å²) in [6.45, 7) is 0.941. The molecule has 0 fully saturated rings. The Kier molecular flexibility index (Phi) is 3.97. The fourth-order valence-electron chi connectivity index (χ4n) is 0.0680. The SMILES string of the molecule is [B]OCCN. The maximum atomic E-state index is 4.93. The highest BCUT2D eigenvalue weighted by atomic mass is 16.4.